The molecule has 0 spiro atoms. The molecule has 0 bridgehead atoms. The van der Waals surface area contributed by atoms with Crippen molar-refractivity contribution < 1.29 is 52.7 Å². The van der Waals surface area contributed by atoms with Crippen molar-refractivity contribution in [2.45, 2.75) is 66.2 Å². The Morgan fingerprint density at radius 1 is 0.778 bits per heavy atom. The molecule has 2 aliphatic heterocycles. The SMILES string of the molecule is COc1cc2c(cc1OCCCOc1c(F)c3c(c(C)c1OC)CN(C(=O)C[C@H](C)C(=O)O)C3)CN(C(=O)C[C@H](C)C(=O)O)C2. The number of nitrogens with zero attached hydrogens (tertiary/aromatic N) is 2. The van der Waals surface area contributed by atoms with E-state index < -0.39 is 29.6 Å². The highest BCUT2D eigenvalue weighted by Crippen LogP contribution is 2.43. The summed E-state index contributed by atoms with van der Waals surface area (Å²) in [4.78, 5) is 50.7. The van der Waals surface area contributed by atoms with Gasteiger partial charge in [-0.15, -0.1) is 0 Å². The highest BCUT2D eigenvalue weighted by Gasteiger charge is 2.34. The third-order valence-corrected chi connectivity index (χ3v) is 8.24. The molecule has 0 aromatic heterocycles. The average Bonchev–Trinajstić information content (AvgIpc) is 3.64. The van der Waals surface area contributed by atoms with Gasteiger partial charge in [0, 0.05) is 56.6 Å². The molecular formula is C32H39FN2O10. The quantitative estimate of drug-likeness (QED) is 0.294. The fourth-order valence-electron chi connectivity index (χ4n) is 5.50. The number of fused-ring (bicyclic) bond motifs is 2. The number of benzene rings is 2. The molecule has 4 rings (SSSR count). The summed E-state index contributed by atoms with van der Waals surface area (Å²) in [6.07, 6.45) is 0.123. The number of carbonyl (C=O) groups is 4. The summed E-state index contributed by atoms with van der Waals surface area (Å²) < 4.78 is 38.4. The lowest BCUT2D eigenvalue weighted by molar-refractivity contribution is -0.145. The van der Waals surface area contributed by atoms with Gasteiger partial charge in [-0.2, -0.15) is 0 Å². The van der Waals surface area contributed by atoms with E-state index >= 15 is 4.39 Å². The van der Waals surface area contributed by atoms with Gasteiger partial charge >= 0.3 is 11.9 Å². The van der Waals surface area contributed by atoms with Crippen LogP contribution in [0.2, 0.25) is 0 Å². The van der Waals surface area contributed by atoms with E-state index in [1.54, 1.807) is 24.0 Å². The normalized spacial score (nSPS) is 14.8. The van der Waals surface area contributed by atoms with Crippen molar-refractivity contribution in [3.05, 3.63) is 45.8 Å². The van der Waals surface area contributed by atoms with Gasteiger partial charge in [-0.05, 0) is 35.7 Å². The van der Waals surface area contributed by atoms with E-state index in [0.29, 0.717) is 47.7 Å². The van der Waals surface area contributed by atoms with Crippen molar-refractivity contribution in [2.24, 2.45) is 11.8 Å². The number of halogens is 1. The molecule has 2 N–H and O–H groups in total. The van der Waals surface area contributed by atoms with E-state index in [2.05, 4.69) is 0 Å². The third-order valence-electron chi connectivity index (χ3n) is 8.24. The Morgan fingerprint density at radius 2 is 1.29 bits per heavy atom. The van der Waals surface area contributed by atoms with E-state index in [1.165, 1.54) is 33.0 Å². The van der Waals surface area contributed by atoms with Crippen LogP contribution in [0.4, 0.5) is 4.39 Å². The van der Waals surface area contributed by atoms with Crippen molar-refractivity contribution in [3.8, 4) is 23.0 Å². The van der Waals surface area contributed by atoms with Gasteiger partial charge in [0.2, 0.25) is 11.8 Å². The topological polar surface area (TPSA) is 152 Å². The number of hydrogen-bond donors (Lipinski definition) is 2. The van der Waals surface area contributed by atoms with Crippen LogP contribution in [0.3, 0.4) is 0 Å². The molecular weight excluding hydrogens is 591 g/mol. The van der Waals surface area contributed by atoms with Gasteiger partial charge in [0.05, 0.1) is 39.3 Å². The van der Waals surface area contributed by atoms with Crippen molar-refractivity contribution in [3.63, 3.8) is 0 Å². The Balaban J connectivity index is 1.36. The molecule has 12 nitrogen and oxygen atoms in total. The zero-order valence-electron chi connectivity index (χ0n) is 26.1. The fourth-order valence-corrected chi connectivity index (χ4v) is 5.50. The van der Waals surface area contributed by atoms with Crippen LogP contribution in [0.15, 0.2) is 12.1 Å². The van der Waals surface area contributed by atoms with Gasteiger partial charge in [0.25, 0.3) is 0 Å². The van der Waals surface area contributed by atoms with Crippen LogP contribution in [-0.2, 0) is 45.4 Å². The summed E-state index contributed by atoms with van der Waals surface area (Å²) in [7, 11) is 2.93. The van der Waals surface area contributed by atoms with E-state index in [1.807, 2.05) is 0 Å². The molecule has 0 unspecified atom stereocenters. The number of ether oxygens (including phenoxy) is 4. The van der Waals surface area contributed by atoms with E-state index in [0.717, 1.165) is 11.1 Å². The molecule has 2 aromatic rings. The number of aliphatic carboxylic acids is 2. The highest BCUT2D eigenvalue weighted by molar-refractivity contribution is 5.83. The molecule has 0 aliphatic carbocycles. The summed E-state index contributed by atoms with van der Waals surface area (Å²) in [5.74, 6) is -3.79. The second-order valence-electron chi connectivity index (χ2n) is 11.5. The van der Waals surface area contributed by atoms with Gasteiger partial charge in [-0.1, -0.05) is 13.8 Å². The molecule has 0 fully saturated rings. The summed E-state index contributed by atoms with van der Waals surface area (Å²) in [5, 5.41) is 18.3. The molecule has 2 amide bonds. The van der Waals surface area contributed by atoms with E-state index in [4.69, 9.17) is 29.2 Å². The van der Waals surface area contributed by atoms with Gasteiger partial charge in [0.15, 0.2) is 28.8 Å². The zero-order valence-corrected chi connectivity index (χ0v) is 26.1. The number of hydrogen-bond acceptors (Lipinski definition) is 8. The maximum absolute atomic E-state index is 15.7. The Labute approximate surface area is 260 Å². The Morgan fingerprint density at radius 3 is 1.82 bits per heavy atom. The Bertz CT molecular complexity index is 1490. The third kappa shape index (κ3) is 7.23. The summed E-state index contributed by atoms with van der Waals surface area (Å²) in [6, 6.07) is 3.61. The van der Waals surface area contributed by atoms with Crippen LogP contribution in [0.1, 0.15) is 60.9 Å². The molecule has 2 aromatic carbocycles. The first-order chi connectivity index (χ1) is 21.4. The van der Waals surface area contributed by atoms with Crippen molar-refractivity contribution in [1.82, 2.24) is 9.80 Å². The number of carboxylic acids is 2. The Kier molecular flexibility index (Phi) is 10.4. The molecule has 244 valence electrons. The predicted molar refractivity (Wildman–Crippen MR) is 158 cm³/mol. The first-order valence-corrected chi connectivity index (χ1v) is 14.7. The minimum absolute atomic E-state index is 0.0103. The molecule has 0 saturated heterocycles. The van der Waals surface area contributed by atoms with Crippen LogP contribution < -0.4 is 18.9 Å². The lowest BCUT2D eigenvalue weighted by Gasteiger charge is -2.17. The van der Waals surface area contributed by atoms with Crippen LogP contribution in [0, 0.1) is 24.6 Å². The highest BCUT2D eigenvalue weighted by atomic mass is 19.1. The molecule has 13 heteroatoms. The van der Waals surface area contributed by atoms with Crippen LogP contribution >= 0.6 is 0 Å². The van der Waals surface area contributed by atoms with Crippen molar-refractivity contribution >= 4 is 23.8 Å². The first kappa shape index (κ1) is 33.3. The number of methoxy groups -OCH3 is 2. The van der Waals surface area contributed by atoms with Gasteiger partial charge in [-0.3, -0.25) is 19.2 Å². The standard InChI is InChI=1S/C32H39FN2O10/c1-17(31(38)39)9-26(36)34-13-20-11-24(42-4)25(12-21(20)14-34)44-7-6-8-45-30-28(33)23-16-35(27(37)10-18(2)32(40)41)15-22(23)19(3)29(30)43-5/h11-12,17-18H,6-10,13-16H2,1-5H3,(H,38,39)(H,40,41)/t17-,18-/m0/s1. The molecule has 45 heavy (non-hydrogen) atoms. The summed E-state index contributed by atoms with van der Waals surface area (Å²) in [6.45, 7) is 5.89. The number of carbonyl (C=O) groups excluding carboxylic acids is 2. The van der Waals surface area contributed by atoms with Gasteiger partial charge < -0.3 is 39.0 Å². The first-order valence-electron chi connectivity index (χ1n) is 14.7. The van der Waals surface area contributed by atoms with Gasteiger partial charge in [0.1, 0.15) is 0 Å². The van der Waals surface area contributed by atoms with E-state index in [-0.39, 0.29) is 62.5 Å². The maximum atomic E-state index is 15.7. The smallest absolute Gasteiger partial charge is 0.306 e. The summed E-state index contributed by atoms with van der Waals surface area (Å²) in [5.41, 5.74) is 3.36. The van der Waals surface area contributed by atoms with Crippen molar-refractivity contribution in [1.29, 1.82) is 0 Å². The Hall–Kier alpha value is -4.55. The number of rotatable bonds is 14. The van der Waals surface area contributed by atoms with Crippen LogP contribution in [-0.4, -0.2) is 71.2 Å². The van der Waals surface area contributed by atoms with E-state index in [9.17, 15) is 19.2 Å². The number of carboxylic acid groups (broad SMARTS) is 2. The molecule has 2 aliphatic rings. The zero-order chi connectivity index (χ0) is 33.0. The maximum Gasteiger partial charge on any atom is 0.306 e. The summed E-state index contributed by atoms with van der Waals surface area (Å²) >= 11 is 0. The number of amides is 2. The molecule has 2 heterocycles. The van der Waals surface area contributed by atoms with Crippen molar-refractivity contribution in [2.75, 3.05) is 27.4 Å². The lowest BCUT2D eigenvalue weighted by Crippen LogP contribution is -2.28. The lowest BCUT2D eigenvalue weighted by atomic mass is 10.0. The minimum atomic E-state index is -1.07. The second-order valence-corrected chi connectivity index (χ2v) is 11.5. The van der Waals surface area contributed by atoms with Crippen LogP contribution in [0.25, 0.3) is 0 Å². The second kappa shape index (κ2) is 14.0. The van der Waals surface area contributed by atoms with Crippen LogP contribution in [0.5, 0.6) is 23.0 Å². The monoisotopic (exact) mass is 630 g/mol. The average molecular weight is 631 g/mol. The molecule has 0 saturated carbocycles. The predicted octanol–water partition coefficient (Wildman–Crippen LogP) is 3.91. The molecule has 0 radical (unpaired) electrons. The fraction of sp³-hybridized carbons (Fsp3) is 0.500. The van der Waals surface area contributed by atoms with Gasteiger partial charge in [-0.25, -0.2) is 4.39 Å². The molecule has 2 atom stereocenters. The minimum Gasteiger partial charge on any atom is -0.493 e. The largest absolute Gasteiger partial charge is 0.493 e.